The van der Waals surface area contributed by atoms with Crippen LogP contribution < -0.4 is 20.3 Å². The van der Waals surface area contributed by atoms with E-state index in [2.05, 4.69) is 32.5 Å². The Labute approximate surface area is 205 Å². The fraction of sp³-hybridized carbons (Fsp3) is 0.333. The van der Waals surface area contributed by atoms with Crippen molar-refractivity contribution in [3.8, 4) is 5.75 Å². The van der Waals surface area contributed by atoms with Crippen molar-refractivity contribution in [1.29, 1.82) is 0 Å². The second-order valence-electron chi connectivity index (χ2n) is 8.44. The van der Waals surface area contributed by atoms with Gasteiger partial charge in [-0.15, -0.1) is 0 Å². The van der Waals surface area contributed by atoms with Gasteiger partial charge in [0.05, 0.1) is 34.8 Å². The zero-order valence-corrected chi connectivity index (χ0v) is 21.2. The van der Waals surface area contributed by atoms with Crippen LogP contribution in [-0.2, 0) is 16.3 Å². The summed E-state index contributed by atoms with van der Waals surface area (Å²) < 4.78 is 31.2. The first-order valence-electron chi connectivity index (χ1n) is 11.0. The van der Waals surface area contributed by atoms with Crippen molar-refractivity contribution in [1.82, 2.24) is 9.97 Å². The summed E-state index contributed by atoms with van der Waals surface area (Å²) in [5.41, 5.74) is 3.50. The molecular formula is C24H28ClN5O3S. The van der Waals surface area contributed by atoms with Gasteiger partial charge in [-0.1, -0.05) is 23.7 Å². The predicted octanol–water partition coefficient (Wildman–Crippen LogP) is 5.19. The number of methoxy groups -OCH3 is 1. The minimum absolute atomic E-state index is 0.189. The van der Waals surface area contributed by atoms with Gasteiger partial charge in [0.15, 0.2) is 15.7 Å². The molecule has 0 atom stereocenters. The lowest BCUT2D eigenvalue weighted by molar-refractivity contribution is 0.416. The monoisotopic (exact) mass is 501 g/mol. The van der Waals surface area contributed by atoms with Crippen LogP contribution in [0.5, 0.6) is 5.75 Å². The van der Waals surface area contributed by atoms with Crippen LogP contribution in [0.15, 0.2) is 47.5 Å². The van der Waals surface area contributed by atoms with Gasteiger partial charge in [0.1, 0.15) is 10.8 Å². The van der Waals surface area contributed by atoms with Crippen LogP contribution in [0.3, 0.4) is 0 Å². The molecule has 4 rings (SSSR count). The van der Waals surface area contributed by atoms with Gasteiger partial charge in [-0.25, -0.2) is 13.4 Å². The molecule has 0 saturated carbocycles. The van der Waals surface area contributed by atoms with E-state index in [0.29, 0.717) is 23.2 Å². The van der Waals surface area contributed by atoms with Gasteiger partial charge in [-0.2, -0.15) is 4.98 Å². The van der Waals surface area contributed by atoms with Crippen LogP contribution in [0, 0.1) is 0 Å². The Balaban J connectivity index is 1.67. The molecule has 0 spiro atoms. The van der Waals surface area contributed by atoms with Crippen LogP contribution in [-0.4, -0.2) is 44.3 Å². The molecule has 10 heteroatoms. The number of sulfone groups is 1. The van der Waals surface area contributed by atoms with E-state index in [-0.39, 0.29) is 9.92 Å². The van der Waals surface area contributed by atoms with Crippen LogP contribution in [0.4, 0.5) is 28.8 Å². The van der Waals surface area contributed by atoms with E-state index in [1.807, 2.05) is 12.1 Å². The highest BCUT2D eigenvalue weighted by molar-refractivity contribution is 7.92. The molecule has 2 aromatic carbocycles. The molecule has 0 aliphatic carbocycles. The lowest BCUT2D eigenvalue weighted by Crippen LogP contribution is -2.24. The smallest absolute Gasteiger partial charge is 0.229 e. The summed E-state index contributed by atoms with van der Waals surface area (Å²) in [6.07, 6.45) is 3.57. The van der Waals surface area contributed by atoms with E-state index in [1.54, 1.807) is 45.2 Å². The summed E-state index contributed by atoms with van der Waals surface area (Å²) in [4.78, 5) is 11.2. The third kappa shape index (κ3) is 4.76. The summed E-state index contributed by atoms with van der Waals surface area (Å²) in [6.45, 7) is 4.29. The molecule has 0 fully saturated rings. The van der Waals surface area contributed by atoms with Crippen molar-refractivity contribution in [3.63, 3.8) is 0 Å². The van der Waals surface area contributed by atoms with Gasteiger partial charge in [0.2, 0.25) is 5.95 Å². The van der Waals surface area contributed by atoms with E-state index >= 15 is 0 Å². The van der Waals surface area contributed by atoms with E-state index in [4.69, 9.17) is 16.3 Å². The predicted molar refractivity (Wildman–Crippen MR) is 137 cm³/mol. The van der Waals surface area contributed by atoms with E-state index in [9.17, 15) is 8.42 Å². The summed E-state index contributed by atoms with van der Waals surface area (Å²) in [7, 11) is 0.185. The standard InChI is InChI=1S/C24H28ClN5O3S/c1-15(2)34(31,32)22-10-6-5-9-18(22)27-23-17(25)14-26-24(29-23)28-19-13-20-16(12-21(19)33-4)8-7-11-30(20)3/h5-6,9-10,12-15H,7-8,11H2,1-4H3,(H2,26,27,28,29). The van der Waals surface area contributed by atoms with Crippen molar-refractivity contribution < 1.29 is 13.2 Å². The van der Waals surface area contributed by atoms with Gasteiger partial charge in [0.25, 0.3) is 0 Å². The second kappa shape index (κ2) is 9.68. The van der Waals surface area contributed by atoms with Crippen LogP contribution in [0.2, 0.25) is 5.02 Å². The molecule has 3 aromatic rings. The van der Waals surface area contributed by atoms with Crippen LogP contribution >= 0.6 is 11.6 Å². The molecule has 0 radical (unpaired) electrons. The van der Waals surface area contributed by atoms with Crippen molar-refractivity contribution in [2.24, 2.45) is 0 Å². The van der Waals surface area contributed by atoms with Crippen molar-refractivity contribution in [3.05, 3.63) is 53.2 Å². The second-order valence-corrected chi connectivity index (χ2v) is 11.3. The molecule has 1 aromatic heterocycles. The van der Waals surface area contributed by atoms with Crippen molar-refractivity contribution in [2.45, 2.75) is 36.8 Å². The molecule has 0 amide bonds. The lowest BCUT2D eigenvalue weighted by Gasteiger charge is -2.28. The van der Waals surface area contributed by atoms with Gasteiger partial charge in [0, 0.05) is 19.3 Å². The number of halogens is 1. The lowest BCUT2D eigenvalue weighted by atomic mass is 10.0. The minimum Gasteiger partial charge on any atom is -0.495 e. The topological polar surface area (TPSA) is 96.4 Å². The van der Waals surface area contributed by atoms with Gasteiger partial charge >= 0.3 is 0 Å². The Kier molecular flexibility index (Phi) is 6.86. The zero-order chi connectivity index (χ0) is 24.5. The maximum Gasteiger partial charge on any atom is 0.229 e. The first-order valence-corrected chi connectivity index (χ1v) is 12.9. The van der Waals surface area contributed by atoms with Crippen molar-refractivity contribution >= 4 is 50.3 Å². The fourth-order valence-electron chi connectivity index (χ4n) is 3.89. The average Bonchev–Trinajstić information content (AvgIpc) is 2.81. The largest absolute Gasteiger partial charge is 0.495 e. The van der Waals surface area contributed by atoms with Gasteiger partial charge < -0.3 is 20.3 Å². The Morgan fingerprint density at radius 2 is 1.91 bits per heavy atom. The number of ether oxygens (including phenoxy) is 1. The number of rotatable bonds is 7. The van der Waals surface area contributed by atoms with Gasteiger partial charge in [-0.3, -0.25) is 0 Å². The fourth-order valence-corrected chi connectivity index (χ4v) is 5.23. The quantitative estimate of drug-likeness (QED) is 0.456. The number of aryl methyl sites for hydroxylation is 1. The molecule has 1 aliphatic rings. The molecule has 0 unspecified atom stereocenters. The number of fused-ring (bicyclic) bond motifs is 1. The highest BCUT2D eigenvalue weighted by Gasteiger charge is 2.23. The Bertz CT molecular complexity index is 1310. The maximum absolute atomic E-state index is 12.8. The molecule has 0 saturated heterocycles. The number of hydrogen-bond donors (Lipinski definition) is 2. The summed E-state index contributed by atoms with van der Waals surface area (Å²) in [6, 6.07) is 10.8. The summed E-state index contributed by atoms with van der Waals surface area (Å²) in [5, 5.41) is 5.99. The first-order chi connectivity index (χ1) is 16.2. The molecular weight excluding hydrogens is 474 g/mol. The van der Waals surface area contributed by atoms with E-state index in [0.717, 1.165) is 30.8 Å². The molecule has 2 heterocycles. The Morgan fingerprint density at radius 1 is 1.15 bits per heavy atom. The third-order valence-corrected chi connectivity index (χ3v) is 8.30. The highest BCUT2D eigenvalue weighted by Crippen LogP contribution is 2.37. The number of para-hydroxylation sites is 1. The summed E-state index contributed by atoms with van der Waals surface area (Å²) in [5.74, 6) is 1.28. The Hall–Kier alpha value is -3.04. The molecule has 8 nitrogen and oxygen atoms in total. The average molecular weight is 502 g/mol. The van der Waals surface area contributed by atoms with Crippen LogP contribution in [0.1, 0.15) is 25.8 Å². The zero-order valence-electron chi connectivity index (χ0n) is 19.6. The number of aromatic nitrogens is 2. The van der Waals surface area contributed by atoms with Crippen LogP contribution in [0.25, 0.3) is 0 Å². The third-order valence-electron chi connectivity index (χ3n) is 5.81. The van der Waals surface area contributed by atoms with E-state index in [1.165, 1.54) is 11.8 Å². The number of nitrogens with zero attached hydrogens (tertiary/aromatic N) is 3. The van der Waals surface area contributed by atoms with E-state index < -0.39 is 15.1 Å². The SMILES string of the molecule is COc1cc2c(cc1Nc1ncc(Cl)c(Nc3ccccc3S(=O)(=O)C(C)C)n1)N(C)CCC2. The maximum atomic E-state index is 12.8. The molecule has 2 N–H and O–H groups in total. The summed E-state index contributed by atoms with van der Waals surface area (Å²) >= 11 is 6.35. The Morgan fingerprint density at radius 3 is 2.65 bits per heavy atom. The normalized spacial score (nSPS) is 13.5. The first kappa shape index (κ1) is 24.1. The molecule has 34 heavy (non-hydrogen) atoms. The van der Waals surface area contributed by atoms with Crippen molar-refractivity contribution in [2.75, 3.05) is 36.2 Å². The highest BCUT2D eigenvalue weighted by atomic mass is 35.5. The molecule has 1 aliphatic heterocycles. The number of hydrogen-bond acceptors (Lipinski definition) is 8. The molecule has 180 valence electrons. The van der Waals surface area contributed by atoms with Gasteiger partial charge in [-0.05, 0) is 56.5 Å². The number of nitrogens with one attached hydrogen (secondary N) is 2. The minimum atomic E-state index is -3.51. The number of benzene rings is 2. The number of anilines is 5. The molecule has 0 bridgehead atoms.